The first-order chi connectivity index (χ1) is 36.0. The summed E-state index contributed by atoms with van der Waals surface area (Å²) in [5.74, 6) is 0. The summed E-state index contributed by atoms with van der Waals surface area (Å²) >= 11 is 0. The van der Waals surface area contributed by atoms with E-state index in [4.69, 9.17) is 0 Å². The molecule has 4 nitrogen and oxygen atoms in total. The van der Waals surface area contributed by atoms with Gasteiger partial charge in [-0.05, 0) is 118 Å². The van der Waals surface area contributed by atoms with Gasteiger partial charge in [-0.2, -0.15) is 0 Å². The van der Waals surface area contributed by atoms with E-state index in [2.05, 4.69) is 230 Å². The lowest BCUT2D eigenvalue weighted by molar-refractivity contribution is 0.111. The zero-order chi connectivity index (χ0) is 51.9. The molecule has 0 radical (unpaired) electrons. The van der Waals surface area contributed by atoms with Crippen LogP contribution in [-0.2, 0) is 16.2 Å². The number of rotatable bonds is 6. The topological polar surface area (TPSA) is 40.6 Å². The van der Waals surface area contributed by atoms with Crippen LogP contribution in [0.15, 0.2) is 182 Å². The summed E-state index contributed by atoms with van der Waals surface area (Å²) in [6.07, 6.45) is 1.84. The fourth-order valence-electron chi connectivity index (χ4n) is 12.8. The van der Waals surface area contributed by atoms with E-state index in [-0.39, 0.29) is 36.4 Å². The Morgan fingerprint density at radius 1 is 0.333 bits per heavy atom. The van der Waals surface area contributed by atoms with E-state index in [9.17, 15) is 9.59 Å². The predicted octanol–water partition coefficient (Wildman–Crippen LogP) is 10.3. The predicted molar refractivity (Wildman–Crippen MR) is 320 cm³/mol. The van der Waals surface area contributed by atoms with Crippen molar-refractivity contribution in [1.82, 2.24) is 0 Å². The van der Waals surface area contributed by atoms with E-state index in [1.165, 1.54) is 100.0 Å². The molecule has 0 amide bonds. The van der Waals surface area contributed by atoms with Crippen molar-refractivity contribution in [3.63, 3.8) is 0 Å². The van der Waals surface area contributed by atoms with Crippen molar-refractivity contribution in [2.75, 3.05) is 9.80 Å². The number of carbonyl (C=O) groups is 2. The average molecular weight is 969 g/mol. The molecule has 0 saturated heterocycles. The summed E-state index contributed by atoms with van der Waals surface area (Å²) in [5, 5.41) is 0. The molecular weight excluding hydrogens is 909 g/mol. The van der Waals surface area contributed by atoms with Gasteiger partial charge in [-0.25, -0.2) is 0 Å². The van der Waals surface area contributed by atoms with Gasteiger partial charge in [-0.1, -0.05) is 231 Å². The SMILES string of the molecule is CC(C)(C)c1ccc(B2c3cc(-c4ccc(C=O)cc4)ccc3N3c4cc(C(C)(C)C)cc5c4B(c4cccc2c43)c2cc(-c3ccc(C=O)cc3)cc3c2N5c2ccccc2B3c2ccc(C(C)(C)C)cc2)cc1. The van der Waals surface area contributed by atoms with Crippen LogP contribution in [0.25, 0.3) is 22.3 Å². The second-order valence-electron chi connectivity index (χ2n) is 24.5. The molecule has 7 heteroatoms. The number of benzene rings is 9. The van der Waals surface area contributed by atoms with Gasteiger partial charge in [-0.15, -0.1) is 0 Å². The first-order valence-electron chi connectivity index (χ1n) is 26.6. The van der Waals surface area contributed by atoms with Gasteiger partial charge in [0.15, 0.2) is 0 Å². The third-order valence-electron chi connectivity index (χ3n) is 16.8. The highest BCUT2D eigenvalue weighted by molar-refractivity contribution is 7.05. The van der Waals surface area contributed by atoms with E-state index in [1.807, 2.05) is 24.3 Å². The Morgan fingerprint density at radius 3 is 1.27 bits per heavy atom. The normalized spacial score (nSPS) is 13.9. The van der Waals surface area contributed by atoms with Crippen LogP contribution >= 0.6 is 0 Å². The number of nitrogens with zero attached hydrogens (tertiary/aromatic N) is 2. The monoisotopic (exact) mass is 968 g/mol. The van der Waals surface area contributed by atoms with Crippen molar-refractivity contribution >= 4 is 116 Å². The summed E-state index contributed by atoms with van der Waals surface area (Å²) < 4.78 is 0. The molecule has 0 spiro atoms. The van der Waals surface area contributed by atoms with Crippen molar-refractivity contribution in [3.8, 4) is 22.3 Å². The molecule has 0 atom stereocenters. The summed E-state index contributed by atoms with van der Waals surface area (Å²) in [7, 11) is 0. The highest BCUT2D eigenvalue weighted by Gasteiger charge is 2.51. The van der Waals surface area contributed by atoms with Gasteiger partial charge in [-0.3, -0.25) is 9.59 Å². The molecule has 0 aliphatic carbocycles. The maximum absolute atomic E-state index is 12.0. The molecule has 9 aromatic carbocycles. The first kappa shape index (κ1) is 46.9. The Balaban J connectivity index is 1.13. The van der Waals surface area contributed by atoms with Crippen LogP contribution in [0.1, 0.15) is 99.7 Å². The minimum Gasteiger partial charge on any atom is -0.312 e. The van der Waals surface area contributed by atoms with Crippen molar-refractivity contribution in [1.29, 1.82) is 0 Å². The van der Waals surface area contributed by atoms with Crippen molar-refractivity contribution in [2.45, 2.75) is 78.6 Å². The Morgan fingerprint density at radius 2 is 0.747 bits per heavy atom. The summed E-state index contributed by atoms with van der Waals surface area (Å²) in [6, 6.07) is 68.0. The van der Waals surface area contributed by atoms with Gasteiger partial charge in [0.2, 0.25) is 13.4 Å². The van der Waals surface area contributed by atoms with E-state index >= 15 is 0 Å². The highest BCUT2D eigenvalue weighted by atomic mass is 16.1. The molecule has 4 heterocycles. The third-order valence-corrected chi connectivity index (χ3v) is 16.8. The van der Waals surface area contributed by atoms with Crippen LogP contribution in [0.4, 0.5) is 34.1 Å². The number of carbonyl (C=O) groups excluding carboxylic acids is 2. The summed E-state index contributed by atoms with van der Waals surface area (Å²) in [6.45, 7) is 20.5. The van der Waals surface area contributed by atoms with Crippen LogP contribution < -0.4 is 59.0 Å². The lowest BCUT2D eigenvalue weighted by Gasteiger charge is -2.50. The molecule has 0 bridgehead atoms. The zero-order valence-corrected chi connectivity index (χ0v) is 44.4. The van der Waals surface area contributed by atoms with E-state index in [0.717, 1.165) is 34.8 Å². The van der Waals surface area contributed by atoms with Crippen molar-refractivity contribution < 1.29 is 9.59 Å². The van der Waals surface area contributed by atoms with Crippen molar-refractivity contribution in [2.24, 2.45) is 0 Å². The molecule has 0 N–H and O–H groups in total. The summed E-state index contributed by atoms with van der Waals surface area (Å²) in [5.41, 5.74) is 28.3. The Hall–Kier alpha value is -7.89. The molecule has 0 unspecified atom stereocenters. The van der Waals surface area contributed by atoms with E-state index < -0.39 is 0 Å². The molecule has 362 valence electrons. The quantitative estimate of drug-likeness (QED) is 0.123. The van der Waals surface area contributed by atoms with Crippen LogP contribution in [-0.4, -0.2) is 32.7 Å². The van der Waals surface area contributed by atoms with Gasteiger partial charge in [0.1, 0.15) is 12.6 Å². The van der Waals surface area contributed by atoms with Crippen molar-refractivity contribution in [3.05, 3.63) is 210 Å². The smallest absolute Gasteiger partial charge is 0.252 e. The zero-order valence-electron chi connectivity index (χ0n) is 44.4. The molecular formula is C68H59B3N2O2. The average Bonchev–Trinajstić information content (AvgIpc) is 3.41. The molecule has 0 saturated carbocycles. The van der Waals surface area contributed by atoms with Gasteiger partial charge in [0, 0.05) is 45.3 Å². The fraction of sp³-hybridized carbons (Fsp3) is 0.176. The van der Waals surface area contributed by atoms with Crippen LogP contribution in [0, 0.1) is 0 Å². The Bertz CT molecular complexity index is 3820. The van der Waals surface area contributed by atoms with Crippen LogP contribution in [0.2, 0.25) is 0 Å². The highest BCUT2D eigenvalue weighted by Crippen LogP contribution is 2.47. The molecule has 75 heavy (non-hydrogen) atoms. The molecule has 13 rings (SSSR count). The molecule has 4 aliphatic rings. The minimum absolute atomic E-state index is 0.00715. The molecule has 0 aromatic heterocycles. The van der Waals surface area contributed by atoms with Gasteiger partial charge >= 0.3 is 0 Å². The maximum Gasteiger partial charge on any atom is 0.252 e. The second-order valence-corrected chi connectivity index (χ2v) is 24.5. The number of para-hydroxylation sites is 2. The van der Waals surface area contributed by atoms with Crippen LogP contribution in [0.3, 0.4) is 0 Å². The van der Waals surface area contributed by atoms with Gasteiger partial charge in [0.25, 0.3) is 6.71 Å². The number of aldehydes is 2. The fourth-order valence-corrected chi connectivity index (χ4v) is 12.8. The van der Waals surface area contributed by atoms with Gasteiger partial charge in [0.05, 0.1) is 0 Å². The lowest BCUT2D eigenvalue weighted by atomic mass is 9.28. The van der Waals surface area contributed by atoms with E-state index in [0.29, 0.717) is 11.1 Å². The standard InChI is InChI=1S/C68H59B3N2O2/c1-66(2,3)48-26-30-51(31-27-48)69-53-13-10-11-16-59(53)72-61-38-50(68(7,8)9)39-62-63(61)71(58-37-47(36-57(69)65(58)72)45-23-19-43(41-75)20-24-45)55-15-12-14-54-64(55)73(62)60-34-25-46(44-21-17-42(40-74)18-22-44)35-56(60)70(54)52-32-28-49(29-33-52)67(4,5)6/h10-41H,1-9H3. The largest absolute Gasteiger partial charge is 0.312 e. The number of hydrogen-bond acceptors (Lipinski definition) is 4. The van der Waals surface area contributed by atoms with Crippen LogP contribution in [0.5, 0.6) is 0 Å². The molecule has 4 aliphatic heterocycles. The maximum atomic E-state index is 12.0. The number of fused-ring (bicyclic) bond motifs is 8. The summed E-state index contributed by atoms with van der Waals surface area (Å²) in [4.78, 5) is 29.1. The second kappa shape index (κ2) is 16.8. The molecule has 0 fully saturated rings. The first-order valence-corrected chi connectivity index (χ1v) is 26.6. The van der Waals surface area contributed by atoms with E-state index in [1.54, 1.807) is 0 Å². The van der Waals surface area contributed by atoms with Gasteiger partial charge < -0.3 is 9.80 Å². The minimum atomic E-state index is -0.179. The Labute approximate surface area is 443 Å². The Kier molecular flexibility index (Phi) is 10.5. The lowest BCUT2D eigenvalue weighted by Crippen LogP contribution is -2.69. The number of hydrogen-bond donors (Lipinski definition) is 0. The third kappa shape index (κ3) is 7.36. The number of anilines is 6. The molecule has 9 aromatic rings.